The third kappa shape index (κ3) is 3.68. The van der Waals surface area contributed by atoms with Gasteiger partial charge in [0.15, 0.2) is 17.3 Å². The Kier molecular flexibility index (Phi) is 5.49. The highest BCUT2D eigenvalue weighted by atomic mass is 16.5. The van der Waals surface area contributed by atoms with Crippen LogP contribution in [-0.2, 0) is 10.2 Å². The van der Waals surface area contributed by atoms with E-state index in [4.69, 9.17) is 9.47 Å². The van der Waals surface area contributed by atoms with Gasteiger partial charge in [0, 0.05) is 11.3 Å². The molecule has 0 aliphatic heterocycles. The molecular formula is C22H25NO4. The number of Topliss-reactive ketones (excluding diaryl/α,β-unsaturated/α-hetero) is 1. The van der Waals surface area contributed by atoms with Crippen molar-refractivity contribution in [1.29, 1.82) is 0 Å². The number of carbonyl (C=O) groups excluding carboxylic acids is 2. The average molecular weight is 367 g/mol. The van der Waals surface area contributed by atoms with E-state index in [1.54, 1.807) is 38.5 Å². The quantitative estimate of drug-likeness (QED) is 0.771. The van der Waals surface area contributed by atoms with Crippen LogP contribution in [0.4, 0.5) is 5.69 Å². The van der Waals surface area contributed by atoms with Gasteiger partial charge >= 0.3 is 0 Å². The minimum atomic E-state index is -0.585. The summed E-state index contributed by atoms with van der Waals surface area (Å²) in [6.07, 6.45) is 3.59. The molecule has 1 aliphatic carbocycles. The first-order chi connectivity index (χ1) is 13.0. The van der Waals surface area contributed by atoms with E-state index in [1.807, 2.05) is 18.2 Å². The van der Waals surface area contributed by atoms with Crippen LogP contribution >= 0.6 is 0 Å². The van der Waals surface area contributed by atoms with E-state index in [-0.39, 0.29) is 11.7 Å². The van der Waals surface area contributed by atoms with Crippen molar-refractivity contribution >= 4 is 17.4 Å². The average Bonchev–Trinajstić information content (AvgIpc) is 3.19. The van der Waals surface area contributed by atoms with Crippen LogP contribution in [0.5, 0.6) is 11.5 Å². The van der Waals surface area contributed by atoms with Crippen molar-refractivity contribution in [3.8, 4) is 11.5 Å². The zero-order chi connectivity index (χ0) is 19.4. The molecule has 142 valence electrons. The van der Waals surface area contributed by atoms with Gasteiger partial charge in [-0.2, -0.15) is 0 Å². The highest BCUT2D eigenvalue weighted by Gasteiger charge is 2.43. The van der Waals surface area contributed by atoms with Crippen LogP contribution in [0.15, 0.2) is 42.5 Å². The van der Waals surface area contributed by atoms with E-state index in [1.165, 1.54) is 6.92 Å². The first kappa shape index (κ1) is 19.0. The molecule has 0 unspecified atom stereocenters. The molecule has 2 aromatic rings. The Hall–Kier alpha value is -2.82. The standard InChI is InChI=1S/C22H25NO4/c1-15(24)16-6-9-18(10-7-16)23-21(25)22(12-4-5-13-22)17-8-11-19(26-2)20(14-17)27-3/h6-11,14H,4-5,12-13H2,1-3H3,(H,23,25). The summed E-state index contributed by atoms with van der Waals surface area (Å²) in [5.74, 6) is 1.25. The van der Waals surface area contributed by atoms with Crippen LogP contribution in [0.2, 0.25) is 0 Å². The fourth-order valence-electron chi connectivity index (χ4n) is 3.80. The molecule has 2 aromatic carbocycles. The zero-order valence-corrected chi connectivity index (χ0v) is 16.0. The summed E-state index contributed by atoms with van der Waals surface area (Å²) in [5, 5.41) is 3.03. The molecular weight excluding hydrogens is 342 g/mol. The summed E-state index contributed by atoms with van der Waals surface area (Å²) < 4.78 is 10.7. The van der Waals surface area contributed by atoms with Crippen LogP contribution in [0.25, 0.3) is 0 Å². The molecule has 1 fully saturated rings. The number of ether oxygens (including phenoxy) is 2. The van der Waals surface area contributed by atoms with E-state index in [9.17, 15) is 9.59 Å². The normalized spacial score (nSPS) is 15.2. The van der Waals surface area contributed by atoms with Gasteiger partial charge in [0.05, 0.1) is 19.6 Å². The van der Waals surface area contributed by atoms with Crippen LogP contribution in [0, 0.1) is 0 Å². The third-order valence-electron chi connectivity index (χ3n) is 5.38. The summed E-state index contributed by atoms with van der Waals surface area (Å²) in [4.78, 5) is 24.7. The van der Waals surface area contributed by atoms with E-state index in [0.29, 0.717) is 22.7 Å². The summed E-state index contributed by atoms with van der Waals surface area (Å²) in [6.45, 7) is 1.53. The second-order valence-corrected chi connectivity index (χ2v) is 6.95. The van der Waals surface area contributed by atoms with Crippen molar-refractivity contribution in [3.63, 3.8) is 0 Å². The first-order valence-electron chi connectivity index (χ1n) is 9.15. The molecule has 5 heteroatoms. The number of ketones is 1. The fraction of sp³-hybridized carbons (Fsp3) is 0.364. The Balaban J connectivity index is 1.90. The smallest absolute Gasteiger partial charge is 0.235 e. The van der Waals surface area contributed by atoms with Gasteiger partial charge in [0.1, 0.15) is 0 Å². The maximum atomic E-state index is 13.3. The molecule has 0 radical (unpaired) electrons. The number of benzene rings is 2. The van der Waals surface area contributed by atoms with Crippen LogP contribution < -0.4 is 14.8 Å². The number of nitrogens with one attached hydrogen (secondary N) is 1. The highest BCUT2D eigenvalue weighted by molar-refractivity contribution is 6.00. The number of amides is 1. The molecule has 0 atom stereocenters. The summed E-state index contributed by atoms with van der Waals surface area (Å²) in [7, 11) is 3.19. The lowest BCUT2D eigenvalue weighted by Crippen LogP contribution is -2.38. The predicted molar refractivity (Wildman–Crippen MR) is 105 cm³/mol. The van der Waals surface area contributed by atoms with E-state index in [2.05, 4.69) is 5.32 Å². The van der Waals surface area contributed by atoms with E-state index in [0.717, 1.165) is 31.2 Å². The van der Waals surface area contributed by atoms with Gasteiger partial charge in [-0.05, 0) is 61.7 Å². The molecule has 1 saturated carbocycles. The van der Waals surface area contributed by atoms with Gasteiger partial charge in [0.2, 0.25) is 5.91 Å². The molecule has 0 heterocycles. The molecule has 0 spiro atoms. The van der Waals surface area contributed by atoms with Crippen molar-refractivity contribution in [2.24, 2.45) is 0 Å². The van der Waals surface area contributed by atoms with E-state index >= 15 is 0 Å². The van der Waals surface area contributed by atoms with Crippen molar-refractivity contribution in [2.75, 3.05) is 19.5 Å². The lowest BCUT2D eigenvalue weighted by molar-refractivity contribution is -0.121. The lowest BCUT2D eigenvalue weighted by Gasteiger charge is -2.29. The minimum Gasteiger partial charge on any atom is -0.493 e. The zero-order valence-electron chi connectivity index (χ0n) is 16.0. The largest absolute Gasteiger partial charge is 0.493 e. The Morgan fingerprint density at radius 2 is 1.56 bits per heavy atom. The molecule has 0 bridgehead atoms. The van der Waals surface area contributed by atoms with Gasteiger partial charge in [-0.1, -0.05) is 18.9 Å². The predicted octanol–water partition coefficient (Wildman–Crippen LogP) is 4.36. The Labute approximate surface area is 159 Å². The highest BCUT2D eigenvalue weighted by Crippen LogP contribution is 2.44. The molecule has 1 aliphatic rings. The first-order valence-corrected chi connectivity index (χ1v) is 9.15. The Morgan fingerprint density at radius 3 is 2.11 bits per heavy atom. The number of carbonyl (C=O) groups is 2. The molecule has 3 rings (SSSR count). The van der Waals surface area contributed by atoms with Gasteiger partial charge < -0.3 is 14.8 Å². The Morgan fingerprint density at radius 1 is 0.926 bits per heavy atom. The number of rotatable bonds is 6. The Bertz CT molecular complexity index is 836. The topological polar surface area (TPSA) is 64.6 Å². The summed E-state index contributed by atoms with van der Waals surface area (Å²) >= 11 is 0. The molecule has 27 heavy (non-hydrogen) atoms. The number of hydrogen-bond acceptors (Lipinski definition) is 4. The maximum Gasteiger partial charge on any atom is 0.235 e. The van der Waals surface area contributed by atoms with Crippen molar-refractivity contribution < 1.29 is 19.1 Å². The maximum absolute atomic E-state index is 13.3. The summed E-state index contributed by atoms with van der Waals surface area (Å²) in [6, 6.07) is 12.7. The molecule has 5 nitrogen and oxygen atoms in total. The SMILES string of the molecule is COc1ccc(C2(C(=O)Nc3ccc(C(C)=O)cc3)CCCC2)cc1OC. The number of methoxy groups -OCH3 is 2. The van der Waals surface area contributed by atoms with Crippen molar-refractivity contribution in [1.82, 2.24) is 0 Å². The molecule has 1 amide bonds. The third-order valence-corrected chi connectivity index (χ3v) is 5.38. The van der Waals surface area contributed by atoms with Crippen LogP contribution in [-0.4, -0.2) is 25.9 Å². The van der Waals surface area contributed by atoms with Crippen LogP contribution in [0.1, 0.15) is 48.5 Å². The molecule has 0 saturated heterocycles. The van der Waals surface area contributed by atoms with Gasteiger partial charge in [-0.15, -0.1) is 0 Å². The van der Waals surface area contributed by atoms with Crippen molar-refractivity contribution in [3.05, 3.63) is 53.6 Å². The lowest BCUT2D eigenvalue weighted by atomic mass is 9.77. The number of hydrogen-bond donors (Lipinski definition) is 1. The minimum absolute atomic E-state index is 0.00506. The second-order valence-electron chi connectivity index (χ2n) is 6.95. The second kappa shape index (κ2) is 7.82. The van der Waals surface area contributed by atoms with Gasteiger partial charge in [0.25, 0.3) is 0 Å². The van der Waals surface area contributed by atoms with Gasteiger partial charge in [-0.3, -0.25) is 9.59 Å². The van der Waals surface area contributed by atoms with Crippen molar-refractivity contribution in [2.45, 2.75) is 38.0 Å². The molecule has 1 N–H and O–H groups in total. The number of anilines is 1. The summed E-state index contributed by atoms with van der Waals surface area (Å²) in [5.41, 5.74) is 1.68. The monoisotopic (exact) mass is 367 g/mol. The van der Waals surface area contributed by atoms with E-state index < -0.39 is 5.41 Å². The van der Waals surface area contributed by atoms with Gasteiger partial charge in [-0.25, -0.2) is 0 Å². The van der Waals surface area contributed by atoms with Crippen LogP contribution in [0.3, 0.4) is 0 Å². The fourth-order valence-corrected chi connectivity index (χ4v) is 3.80. The molecule has 0 aromatic heterocycles.